The van der Waals surface area contributed by atoms with E-state index < -0.39 is 5.97 Å². The monoisotopic (exact) mass is 389 g/mol. The van der Waals surface area contributed by atoms with Crippen molar-refractivity contribution in [3.63, 3.8) is 0 Å². The average molecular weight is 390 g/mol. The van der Waals surface area contributed by atoms with E-state index >= 15 is 0 Å². The van der Waals surface area contributed by atoms with Crippen LogP contribution in [0, 0.1) is 6.92 Å². The van der Waals surface area contributed by atoms with Crippen LogP contribution in [-0.4, -0.2) is 11.1 Å². The van der Waals surface area contributed by atoms with E-state index in [4.69, 9.17) is 26.1 Å². The molecule has 4 rings (SSSR count). The number of benzene rings is 3. The van der Waals surface area contributed by atoms with Crippen molar-refractivity contribution in [3.05, 3.63) is 94.3 Å². The molecule has 1 heterocycles. The van der Waals surface area contributed by atoms with Crippen molar-refractivity contribution in [2.24, 2.45) is 4.99 Å². The molecule has 0 fully saturated rings. The first-order chi connectivity index (χ1) is 13.5. The largest absolute Gasteiger partial charge is 0.478 e. The Morgan fingerprint density at radius 3 is 2.36 bits per heavy atom. The van der Waals surface area contributed by atoms with Gasteiger partial charge >= 0.3 is 5.97 Å². The minimum Gasteiger partial charge on any atom is -0.478 e. The summed E-state index contributed by atoms with van der Waals surface area (Å²) in [5.41, 5.74) is 3.61. The number of aryl methyl sites for hydroxylation is 1. The summed E-state index contributed by atoms with van der Waals surface area (Å²) in [6, 6.07) is 21.7. The first kappa shape index (κ1) is 18.0. The summed E-state index contributed by atoms with van der Waals surface area (Å²) in [6.07, 6.45) is 0. The first-order valence-corrected chi connectivity index (χ1v) is 9.06. The van der Waals surface area contributed by atoms with Crippen LogP contribution in [-0.2, 0) is 0 Å². The van der Waals surface area contributed by atoms with E-state index in [0.717, 1.165) is 27.5 Å². The zero-order valence-corrected chi connectivity index (χ0v) is 15.8. The number of nitrogens with zero attached hydrogens (tertiary/aromatic N) is 1. The fourth-order valence-corrected chi connectivity index (χ4v) is 3.08. The Labute approximate surface area is 166 Å². The minimum absolute atomic E-state index is 0.226. The number of rotatable bonds is 3. The van der Waals surface area contributed by atoms with Gasteiger partial charge in [0, 0.05) is 22.0 Å². The third kappa shape index (κ3) is 3.68. The van der Waals surface area contributed by atoms with Crippen molar-refractivity contribution < 1.29 is 14.3 Å². The Morgan fingerprint density at radius 2 is 1.68 bits per heavy atom. The molecule has 0 bridgehead atoms. The summed E-state index contributed by atoms with van der Waals surface area (Å²) in [6.45, 7) is 2.01. The highest BCUT2D eigenvalue weighted by atomic mass is 35.5. The summed E-state index contributed by atoms with van der Waals surface area (Å²) < 4.78 is 6.09. The molecule has 0 atom stereocenters. The van der Waals surface area contributed by atoms with Gasteiger partial charge in [0.1, 0.15) is 11.3 Å². The van der Waals surface area contributed by atoms with Crippen LogP contribution >= 0.6 is 11.6 Å². The predicted octanol–water partition coefficient (Wildman–Crippen LogP) is 5.99. The molecule has 0 saturated heterocycles. The van der Waals surface area contributed by atoms with Gasteiger partial charge in [-0.3, -0.25) is 0 Å². The number of aromatic carboxylic acids is 1. The molecule has 0 spiro atoms. The highest BCUT2D eigenvalue weighted by Gasteiger charge is 2.07. The van der Waals surface area contributed by atoms with Gasteiger partial charge in [-0.1, -0.05) is 23.2 Å². The molecule has 0 amide bonds. The lowest BCUT2D eigenvalue weighted by Crippen LogP contribution is -2.03. The van der Waals surface area contributed by atoms with Crippen molar-refractivity contribution in [1.29, 1.82) is 0 Å². The van der Waals surface area contributed by atoms with Crippen LogP contribution in [0.15, 0.2) is 82.2 Å². The van der Waals surface area contributed by atoms with E-state index in [0.29, 0.717) is 16.5 Å². The van der Waals surface area contributed by atoms with Crippen molar-refractivity contribution in [2.75, 3.05) is 0 Å². The van der Waals surface area contributed by atoms with Gasteiger partial charge in [0.05, 0.1) is 16.6 Å². The van der Waals surface area contributed by atoms with Gasteiger partial charge in [0.25, 0.3) is 0 Å². The predicted molar refractivity (Wildman–Crippen MR) is 110 cm³/mol. The summed E-state index contributed by atoms with van der Waals surface area (Å²) in [5.74, 6) is -0.287. The van der Waals surface area contributed by atoms with Crippen LogP contribution in [0.1, 0.15) is 15.9 Å². The zero-order valence-electron chi connectivity index (χ0n) is 15.0. The Bertz CT molecular complexity index is 1240. The van der Waals surface area contributed by atoms with Gasteiger partial charge in [-0.05, 0) is 67.6 Å². The molecular formula is C23H16ClNO3. The van der Waals surface area contributed by atoms with Crippen molar-refractivity contribution >= 4 is 34.2 Å². The first-order valence-electron chi connectivity index (χ1n) is 8.68. The van der Waals surface area contributed by atoms with Gasteiger partial charge in [0.15, 0.2) is 0 Å². The molecule has 0 saturated carbocycles. The lowest BCUT2D eigenvalue weighted by Gasteiger charge is -2.06. The Balaban J connectivity index is 1.93. The third-order valence-corrected chi connectivity index (χ3v) is 4.64. The molecule has 138 valence electrons. The molecule has 0 aliphatic carbocycles. The second-order valence-electron chi connectivity index (χ2n) is 6.47. The van der Waals surface area contributed by atoms with Gasteiger partial charge in [-0.15, -0.1) is 0 Å². The van der Waals surface area contributed by atoms with E-state index in [-0.39, 0.29) is 5.56 Å². The second kappa shape index (κ2) is 7.33. The Morgan fingerprint density at radius 1 is 0.964 bits per heavy atom. The number of hydrogen-bond donors (Lipinski definition) is 1. The fourth-order valence-electron chi connectivity index (χ4n) is 2.95. The lowest BCUT2D eigenvalue weighted by atomic mass is 10.1. The topological polar surface area (TPSA) is 62.8 Å². The van der Waals surface area contributed by atoms with Gasteiger partial charge in [0.2, 0.25) is 0 Å². The molecule has 0 aliphatic rings. The maximum atomic E-state index is 11.1. The molecule has 5 heteroatoms. The van der Waals surface area contributed by atoms with Crippen molar-refractivity contribution in [1.82, 2.24) is 0 Å². The molecule has 0 radical (unpaired) electrons. The molecule has 1 N–H and O–H groups in total. The number of carbonyl (C=O) groups is 1. The van der Waals surface area contributed by atoms with Crippen LogP contribution in [0.5, 0.6) is 0 Å². The molecule has 0 unspecified atom stereocenters. The quantitative estimate of drug-likeness (QED) is 0.468. The standard InChI is InChI=1S/C23H16ClNO3/c1-14-2-11-21-19(12-14)20(25-18-9-5-16(6-10-18)23(26)27)13-22(28-21)15-3-7-17(24)8-4-15/h2-13H,1H3,(H,26,27). The maximum absolute atomic E-state index is 11.1. The number of carboxylic acid groups (broad SMARTS) is 1. The van der Waals surface area contributed by atoms with Crippen LogP contribution in [0.25, 0.3) is 22.3 Å². The van der Waals surface area contributed by atoms with Crippen molar-refractivity contribution in [2.45, 2.75) is 6.92 Å². The minimum atomic E-state index is -0.962. The molecule has 0 aliphatic heterocycles. The number of hydrogen-bond acceptors (Lipinski definition) is 3. The Kier molecular flexibility index (Phi) is 4.72. The van der Waals surface area contributed by atoms with E-state index in [1.54, 1.807) is 24.3 Å². The molecule has 28 heavy (non-hydrogen) atoms. The molecule has 1 aromatic heterocycles. The van der Waals surface area contributed by atoms with Gasteiger partial charge < -0.3 is 9.52 Å². The summed E-state index contributed by atoms with van der Waals surface area (Å²) in [7, 11) is 0. The van der Waals surface area contributed by atoms with Gasteiger partial charge in [-0.25, -0.2) is 9.79 Å². The van der Waals surface area contributed by atoms with Gasteiger partial charge in [-0.2, -0.15) is 0 Å². The van der Waals surface area contributed by atoms with Crippen LogP contribution < -0.4 is 5.36 Å². The van der Waals surface area contributed by atoms with Crippen molar-refractivity contribution in [3.8, 4) is 11.3 Å². The maximum Gasteiger partial charge on any atom is 0.335 e. The van der Waals surface area contributed by atoms with E-state index in [1.165, 1.54) is 0 Å². The van der Waals surface area contributed by atoms with Crippen LogP contribution in [0.3, 0.4) is 0 Å². The van der Waals surface area contributed by atoms with E-state index in [1.807, 2.05) is 55.5 Å². The zero-order chi connectivity index (χ0) is 19.7. The SMILES string of the molecule is Cc1ccc2oc(-c3ccc(Cl)cc3)cc(=Nc3ccc(C(=O)O)cc3)c2c1. The third-order valence-electron chi connectivity index (χ3n) is 4.39. The van der Waals surface area contributed by atoms with E-state index in [2.05, 4.69) is 0 Å². The highest BCUT2D eigenvalue weighted by Crippen LogP contribution is 2.25. The average Bonchev–Trinajstić information content (AvgIpc) is 2.69. The smallest absolute Gasteiger partial charge is 0.335 e. The van der Waals surface area contributed by atoms with E-state index in [9.17, 15) is 4.79 Å². The van der Waals surface area contributed by atoms with Crippen LogP contribution in [0.2, 0.25) is 5.02 Å². The molecule has 4 nitrogen and oxygen atoms in total. The number of fused-ring (bicyclic) bond motifs is 1. The lowest BCUT2D eigenvalue weighted by molar-refractivity contribution is 0.0697. The molecule has 4 aromatic rings. The fraction of sp³-hybridized carbons (Fsp3) is 0.0435. The Hall–Kier alpha value is -3.37. The number of halogens is 1. The van der Waals surface area contributed by atoms with Crippen LogP contribution in [0.4, 0.5) is 5.69 Å². The molecule has 3 aromatic carbocycles. The second-order valence-corrected chi connectivity index (χ2v) is 6.90. The summed E-state index contributed by atoms with van der Waals surface area (Å²) in [4.78, 5) is 15.8. The molecular weight excluding hydrogens is 374 g/mol. The number of carboxylic acids is 1. The highest BCUT2D eigenvalue weighted by molar-refractivity contribution is 6.30. The normalized spacial score (nSPS) is 11.7. The summed E-state index contributed by atoms with van der Waals surface area (Å²) >= 11 is 5.99. The summed E-state index contributed by atoms with van der Waals surface area (Å²) in [5, 5.41) is 11.4.